The topological polar surface area (TPSA) is 76.1 Å². The Bertz CT molecular complexity index is 741. The van der Waals surface area contributed by atoms with Gasteiger partial charge in [-0.05, 0) is 24.3 Å². The van der Waals surface area contributed by atoms with Crippen LogP contribution in [0, 0.1) is 17.1 Å². The van der Waals surface area contributed by atoms with E-state index in [0.717, 1.165) is 0 Å². The fourth-order valence-electron chi connectivity index (χ4n) is 1.72. The summed E-state index contributed by atoms with van der Waals surface area (Å²) in [7, 11) is 0. The Morgan fingerprint density at radius 3 is 2.81 bits per heavy atom. The zero-order valence-electron chi connectivity index (χ0n) is 10.8. The van der Waals surface area contributed by atoms with Crippen LogP contribution in [0.5, 0.6) is 0 Å². The number of esters is 1. The first kappa shape index (κ1) is 14.8. The lowest BCUT2D eigenvalue weighted by Crippen LogP contribution is -2.09. The van der Waals surface area contributed by atoms with Crippen LogP contribution in [0.2, 0.25) is 5.02 Å². The second-order valence-corrected chi connectivity index (χ2v) is 4.63. The molecule has 0 bridgehead atoms. The Morgan fingerprint density at radius 2 is 2.14 bits per heavy atom. The highest BCUT2D eigenvalue weighted by Crippen LogP contribution is 2.20. The van der Waals surface area contributed by atoms with Crippen molar-refractivity contribution in [3.05, 3.63) is 63.9 Å². The Hall–Kier alpha value is -2.58. The second kappa shape index (κ2) is 6.25. The van der Waals surface area contributed by atoms with Gasteiger partial charge in [-0.3, -0.25) is 0 Å². The minimum Gasteiger partial charge on any atom is -0.457 e. The number of carbonyl (C=O) groups excluding carboxylic acids is 1. The van der Waals surface area contributed by atoms with E-state index in [2.05, 4.69) is 0 Å². The van der Waals surface area contributed by atoms with Gasteiger partial charge in [-0.1, -0.05) is 23.7 Å². The van der Waals surface area contributed by atoms with Crippen molar-refractivity contribution in [2.75, 3.05) is 5.73 Å². The number of carbonyl (C=O) groups is 1. The Morgan fingerprint density at radius 1 is 1.38 bits per heavy atom. The molecule has 0 aliphatic carbocycles. The molecule has 0 aliphatic heterocycles. The van der Waals surface area contributed by atoms with Gasteiger partial charge in [0.05, 0.1) is 11.1 Å². The number of hydrogen-bond donors (Lipinski definition) is 1. The highest BCUT2D eigenvalue weighted by atomic mass is 35.5. The first-order valence-electron chi connectivity index (χ1n) is 5.92. The molecule has 0 atom stereocenters. The summed E-state index contributed by atoms with van der Waals surface area (Å²) < 4.78 is 18.8. The summed E-state index contributed by atoms with van der Waals surface area (Å²) in [6.45, 7) is -0.289. The average molecular weight is 305 g/mol. The minimum atomic E-state index is -0.697. The van der Waals surface area contributed by atoms with Crippen molar-refractivity contribution < 1.29 is 13.9 Å². The zero-order chi connectivity index (χ0) is 15.4. The number of rotatable bonds is 3. The molecule has 0 amide bonds. The third kappa shape index (κ3) is 3.30. The van der Waals surface area contributed by atoms with Gasteiger partial charge >= 0.3 is 5.97 Å². The van der Waals surface area contributed by atoms with Crippen molar-refractivity contribution >= 4 is 23.3 Å². The van der Waals surface area contributed by atoms with Gasteiger partial charge < -0.3 is 10.5 Å². The number of halogens is 2. The maximum Gasteiger partial charge on any atom is 0.340 e. The molecule has 0 fully saturated rings. The van der Waals surface area contributed by atoms with E-state index >= 15 is 0 Å². The Kier molecular flexibility index (Phi) is 4.41. The van der Waals surface area contributed by atoms with E-state index in [0.29, 0.717) is 5.02 Å². The fourth-order valence-corrected chi connectivity index (χ4v) is 1.90. The maximum atomic E-state index is 13.8. The molecule has 21 heavy (non-hydrogen) atoms. The van der Waals surface area contributed by atoms with Crippen molar-refractivity contribution in [1.29, 1.82) is 5.26 Å². The summed E-state index contributed by atoms with van der Waals surface area (Å²) in [6.07, 6.45) is 0. The van der Waals surface area contributed by atoms with Crippen LogP contribution in [-0.2, 0) is 11.3 Å². The molecule has 0 saturated heterocycles. The highest BCUT2D eigenvalue weighted by molar-refractivity contribution is 6.31. The summed E-state index contributed by atoms with van der Waals surface area (Å²) >= 11 is 5.74. The van der Waals surface area contributed by atoms with Gasteiger partial charge in [0.2, 0.25) is 0 Å². The van der Waals surface area contributed by atoms with Crippen molar-refractivity contribution in [1.82, 2.24) is 0 Å². The van der Waals surface area contributed by atoms with Gasteiger partial charge in [0, 0.05) is 16.3 Å². The van der Waals surface area contributed by atoms with E-state index in [1.807, 2.05) is 0 Å². The minimum absolute atomic E-state index is 0.102. The number of ether oxygens (including phenoxy) is 1. The average Bonchev–Trinajstić information content (AvgIpc) is 2.46. The molecule has 0 heterocycles. The van der Waals surface area contributed by atoms with Gasteiger partial charge in [-0.15, -0.1) is 0 Å². The molecule has 6 heteroatoms. The molecule has 2 N–H and O–H groups in total. The lowest BCUT2D eigenvalue weighted by molar-refractivity contribution is 0.0470. The predicted molar refractivity (Wildman–Crippen MR) is 76.1 cm³/mol. The highest BCUT2D eigenvalue weighted by Gasteiger charge is 2.14. The van der Waals surface area contributed by atoms with Gasteiger partial charge in [0.1, 0.15) is 18.5 Å². The number of benzene rings is 2. The Labute approximate surface area is 125 Å². The van der Waals surface area contributed by atoms with Crippen molar-refractivity contribution in [2.45, 2.75) is 6.61 Å². The number of anilines is 1. The van der Waals surface area contributed by atoms with Crippen LogP contribution >= 0.6 is 11.6 Å². The molecule has 4 nitrogen and oxygen atoms in total. The number of nitriles is 1. The lowest BCUT2D eigenvalue weighted by atomic mass is 10.1. The van der Waals surface area contributed by atoms with Gasteiger partial charge in [-0.25, -0.2) is 9.18 Å². The summed E-state index contributed by atoms with van der Waals surface area (Å²) in [6, 6.07) is 10.4. The van der Waals surface area contributed by atoms with Crippen LogP contribution in [0.25, 0.3) is 0 Å². The summed E-state index contributed by atoms with van der Waals surface area (Å²) in [5.41, 5.74) is 6.01. The van der Waals surface area contributed by atoms with Crippen LogP contribution in [-0.4, -0.2) is 5.97 Å². The number of nitrogens with zero attached hydrogens (tertiary/aromatic N) is 1. The smallest absolute Gasteiger partial charge is 0.340 e. The van der Waals surface area contributed by atoms with E-state index in [1.165, 1.54) is 36.4 Å². The van der Waals surface area contributed by atoms with Crippen LogP contribution in [0.1, 0.15) is 21.5 Å². The molecule has 106 valence electrons. The van der Waals surface area contributed by atoms with Crippen molar-refractivity contribution in [2.24, 2.45) is 0 Å². The molecule has 2 rings (SSSR count). The normalized spacial score (nSPS) is 9.95. The molecule has 0 aliphatic rings. The summed E-state index contributed by atoms with van der Waals surface area (Å²) in [4.78, 5) is 11.9. The van der Waals surface area contributed by atoms with Crippen LogP contribution in [0.4, 0.5) is 10.1 Å². The van der Waals surface area contributed by atoms with Crippen molar-refractivity contribution in [3.63, 3.8) is 0 Å². The SMILES string of the molecule is N#Cc1cccc(COC(=O)c2ccc(Cl)cc2N)c1F. The fraction of sp³-hybridized carbons (Fsp3) is 0.0667. The zero-order valence-corrected chi connectivity index (χ0v) is 11.5. The van der Waals surface area contributed by atoms with Gasteiger partial charge in [-0.2, -0.15) is 5.26 Å². The molecule has 2 aromatic rings. The van der Waals surface area contributed by atoms with Crippen LogP contribution in [0.15, 0.2) is 36.4 Å². The third-order valence-corrected chi connectivity index (χ3v) is 3.03. The monoisotopic (exact) mass is 304 g/mol. The molecule has 2 aromatic carbocycles. The Balaban J connectivity index is 2.13. The van der Waals surface area contributed by atoms with Gasteiger partial charge in [0.25, 0.3) is 0 Å². The molecule has 0 spiro atoms. The standard InChI is InChI=1S/C15H10ClFN2O2/c16-11-4-5-12(13(19)6-11)15(20)21-8-10-3-1-2-9(7-18)14(10)17/h1-6H,8,19H2. The quantitative estimate of drug-likeness (QED) is 0.697. The predicted octanol–water partition coefficient (Wildman–Crippen LogP) is 3.29. The third-order valence-electron chi connectivity index (χ3n) is 2.79. The lowest BCUT2D eigenvalue weighted by Gasteiger charge is -2.08. The van der Waals surface area contributed by atoms with E-state index in [1.54, 1.807) is 6.07 Å². The van der Waals surface area contributed by atoms with E-state index in [9.17, 15) is 9.18 Å². The largest absolute Gasteiger partial charge is 0.457 e. The number of nitrogen functional groups attached to an aromatic ring is 1. The summed E-state index contributed by atoms with van der Waals surface area (Å²) in [5.74, 6) is -1.39. The molecule has 0 aromatic heterocycles. The van der Waals surface area contributed by atoms with E-state index < -0.39 is 11.8 Å². The molecule has 0 saturated carbocycles. The van der Waals surface area contributed by atoms with Gasteiger partial charge in [0.15, 0.2) is 0 Å². The molecule has 0 unspecified atom stereocenters. The first-order chi connectivity index (χ1) is 10.0. The van der Waals surface area contributed by atoms with E-state index in [-0.39, 0.29) is 29.0 Å². The van der Waals surface area contributed by atoms with Crippen molar-refractivity contribution in [3.8, 4) is 6.07 Å². The summed E-state index contributed by atoms with van der Waals surface area (Å²) in [5, 5.41) is 9.13. The van der Waals surface area contributed by atoms with E-state index in [4.69, 9.17) is 27.3 Å². The van der Waals surface area contributed by atoms with Crippen LogP contribution in [0.3, 0.4) is 0 Å². The molecular formula is C15H10ClFN2O2. The second-order valence-electron chi connectivity index (χ2n) is 4.20. The number of nitrogens with two attached hydrogens (primary N) is 1. The molecule has 0 radical (unpaired) electrons. The maximum absolute atomic E-state index is 13.8. The van der Waals surface area contributed by atoms with Crippen LogP contribution < -0.4 is 5.73 Å². The molecular weight excluding hydrogens is 295 g/mol. The first-order valence-corrected chi connectivity index (χ1v) is 6.30. The number of hydrogen-bond acceptors (Lipinski definition) is 4.